The maximum atomic E-state index is 13.9. The van der Waals surface area contributed by atoms with Crippen LogP contribution in [0.5, 0.6) is 40.2 Å². The fraction of sp³-hybridized carbons (Fsp3) is 0.178. The molecule has 0 aliphatic heterocycles. The average molecular weight is 711 g/mol. The summed E-state index contributed by atoms with van der Waals surface area (Å²) in [6.45, 7) is 1.96. The van der Waals surface area contributed by atoms with Crippen molar-refractivity contribution in [1.82, 2.24) is 0 Å². The average Bonchev–Trinajstić information content (AvgIpc) is 3.15. The van der Waals surface area contributed by atoms with Crippen molar-refractivity contribution in [2.75, 3.05) is 7.11 Å². The molecule has 0 heterocycles. The van der Waals surface area contributed by atoms with Crippen LogP contribution in [0.15, 0.2) is 109 Å². The molecule has 8 nitrogen and oxygen atoms in total. The zero-order valence-corrected chi connectivity index (χ0v) is 29.6. The number of phenols is 6. The van der Waals surface area contributed by atoms with Gasteiger partial charge in [0.1, 0.15) is 45.8 Å². The van der Waals surface area contributed by atoms with Gasteiger partial charge < -0.3 is 35.4 Å². The van der Waals surface area contributed by atoms with Crippen LogP contribution >= 0.6 is 0 Å². The molecular weight excluding hydrogens is 668 g/mol. The Labute approximate surface area is 308 Å². The zero-order valence-electron chi connectivity index (χ0n) is 29.6. The molecule has 0 amide bonds. The number of para-hydroxylation sites is 1. The molecule has 0 atom stereocenters. The minimum Gasteiger partial charge on any atom is -0.508 e. The van der Waals surface area contributed by atoms with Crippen molar-refractivity contribution in [2.24, 2.45) is 0 Å². The molecule has 270 valence electrons. The van der Waals surface area contributed by atoms with Gasteiger partial charge in [-0.2, -0.15) is 0 Å². The number of ketones is 1. The van der Waals surface area contributed by atoms with Crippen LogP contribution in [-0.2, 0) is 32.1 Å². The zero-order chi connectivity index (χ0) is 37.6. The standard InChI is InChI=1S/C45H42O8/c1-27-12-16-38(47)32(20-27)21-29-14-17-39(48)33(22-29)23-30-15-18-40(49)34(24-30)26-36-43(51)35(25-31-10-6-7-11-37(31)46)44(52)42(45(36)53-2)41(50)19-13-28-8-4-3-5-9-28/h3-12,14-18,20,22,24,46-49,51-52H,13,19,21,23,25-26H2,1-2H3. The summed E-state index contributed by atoms with van der Waals surface area (Å²) in [5, 5.41) is 66.2. The smallest absolute Gasteiger partial charge is 0.170 e. The highest BCUT2D eigenvalue weighted by atomic mass is 16.5. The van der Waals surface area contributed by atoms with E-state index < -0.39 is 11.5 Å². The second kappa shape index (κ2) is 15.9. The molecule has 0 fully saturated rings. The van der Waals surface area contributed by atoms with Crippen molar-refractivity contribution < 1.29 is 40.2 Å². The number of carbonyl (C=O) groups is 1. The Balaban J connectivity index is 1.36. The largest absolute Gasteiger partial charge is 0.508 e. The summed E-state index contributed by atoms with van der Waals surface area (Å²) in [7, 11) is 1.36. The van der Waals surface area contributed by atoms with E-state index in [0.717, 1.165) is 27.8 Å². The first-order valence-electron chi connectivity index (χ1n) is 17.4. The molecule has 0 spiro atoms. The Kier molecular flexibility index (Phi) is 10.9. The lowest BCUT2D eigenvalue weighted by molar-refractivity contribution is 0.0976. The second-order valence-corrected chi connectivity index (χ2v) is 13.4. The molecule has 6 aromatic rings. The molecule has 0 unspecified atom stereocenters. The summed E-state index contributed by atoms with van der Waals surface area (Å²) < 4.78 is 5.75. The predicted molar refractivity (Wildman–Crippen MR) is 204 cm³/mol. The van der Waals surface area contributed by atoms with E-state index in [9.17, 15) is 35.4 Å². The van der Waals surface area contributed by atoms with E-state index >= 15 is 0 Å². The van der Waals surface area contributed by atoms with E-state index in [1.54, 1.807) is 42.5 Å². The molecule has 8 heteroatoms. The number of Topliss-reactive ketones (excluding diaryl/α,β-unsaturated/α-hetero) is 1. The number of carbonyl (C=O) groups excluding carboxylic acids is 1. The van der Waals surface area contributed by atoms with Gasteiger partial charge >= 0.3 is 0 Å². The van der Waals surface area contributed by atoms with E-state index in [-0.39, 0.29) is 70.4 Å². The van der Waals surface area contributed by atoms with Crippen molar-refractivity contribution in [3.05, 3.63) is 170 Å². The fourth-order valence-electron chi connectivity index (χ4n) is 6.77. The van der Waals surface area contributed by atoms with Gasteiger partial charge in [0.25, 0.3) is 0 Å². The van der Waals surface area contributed by atoms with Crippen LogP contribution in [0.3, 0.4) is 0 Å². The number of ether oxygens (including phenoxy) is 1. The van der Waals surface area contributed by atoms with E-state index in [0.29, 0.717) is 36.0 Å². The summed E-state index contributed by atoms with van der Waals surface area (Å²) in [6.07, 6.45) is 1.10. The quantitative estimate of drug-likeness (QED) is 0.0655. The van der Waals surface area contributed by atoms with Gasteiger partial charge in [0, 0.05) is 43.2 Å². The van der Waals surface area contributed by atoms with Crippen LogP contribution in [0.4, 0.5) is 0 Å². The number of rotatable bonds is 13. The van der Waals surface area contributed by atoms with Gasteiger partial charge in [-0.25, -0.2) is 0 Å². The highest BCUT2D eigenvalue weighted by Crippen LogP contribution is 2.46. The van der Waals surface area contributed by atoms with E-state index in [4.69, 9.17) is 4.74 Å². The van der Waals surface area contributed by atoms with Crippen LogP contribution in [0.1, 0.15) is 72.4 Å². The van der Waals surface area contributed by atoms with E-state index in [1.807, 2.05) is 61.5 Å². The maximum absolute atomic E-state index is 13.9. The first kappa shape index (κ1) is 36.4. The third-order valence-corrected chi connectivity index (χ3v) is 9.60. The van der Waals surface area contributed by atoms with Crippen LogP contribution in [-0.4, -0.2) is 43.5 Å². The number of benzene rings is 6. The van der Waals surface area contributed by atoms with Gasteiger partial charge in [0.15, 0.2) is 5.78 Å². The Bertz CT molecular complexity index is 2280. The van der Waals surface area contributed by atoms with Crippen LogP contribution in [0.2, 0.25) is 0 Å². The summed E-state index contributed by atoms with van der Waals surface area (Å²) in [5.41, 5.74) is 6.05. The fourth-order valence-corrected chi connectivity index (χ4v) is 6.77. The van der Waals surface area contributed by atoms with Crippen LogP contribution in [0.25, 0.3) is 0 Å². The van der Waals surface area contributed by atoms with Gasteiger partial charge in [0.2, 0.25) is 0 Å². The summed E-state index contributed by atoms with van der Waals surface area (Å²) in [6, 6.07) is 31.9. The number of hydrogen-bond donors (Lipinski definition) is 6. The van der Waals surface area contributed by atoms with Gasteiger partial charge in [0.05, 0.1) is 7.11 Å². The molecule has 6 rings (SSSR count). The SMILES string of the molecule is COc1c(Cc2cc(Cc3cc(Cc4cc(C)ccc4O)ccc3O)ccc2O)c(O)c(Cc2ccccc2O)c(O)c1C(=O)CCc1ccccc1. The number of aromatic hydroxyl groups is 6. The third kappa shape index (κ3) is 8.23. The van der Waals surface area contributed by atoms with Crippen molar-refractivity contribution in [3.8, 4) is 40.2 Å². The van der Waals surface area contributed by atoms with Crippen LogP contribution < -0.4 is 4.74 Å². The molecular formula is C45H42O8. The molecule has 0 saturated carbocycles. The lowest BCUT2D eigenvalue weighted by Crippen LogP contribution is -2.10. The molecule has 0 aliphatic rings. The van der Waals surface area contributed by atoms with Crippen molar-refractivity contribution in [2.45, 2.75) is 45.4 Å². The second-order valence-electron chi connectivity index (χ2n) is 13.4. The Morgan fingerprint density at radius 2 is 1.06 bits per heavy atom. The lowest BCUT2D eigenvalue weighted by atomic mass is 9.89. The molecule has 53 heavy (non-hydrogen) atoms. The number of phenolic OH excluding ortho intramolecular Hbond substituents is 6. The predicted octanol–water partition coefficient (Wildman–Crippen LogP) is 8.42. The monoisotopic (exact) mass is 710 g/mol. The first-order valence-corrected chi connectivity index (χ1v) is 17.4. The number of methoxy groups -OCH3 is 1. The third-order valence-electron chi connectivity index (χ3n) is 9.60. The lowest BCUT2D eigenvalue weighted by Gasteiger charge is -2.21. The molecule has 6 aromatic carbocycles. The van der Waals surface area contributed by atoms with Crippen molar-refractivity contribution in [1.29, 1.82) is 0 Å². The molecule has 0 aromatic heterocycles. The Morgan fingerprint density at radius 1 is 0.528 bits per heavy atom. The highest BCUT2D eigenvalue weighted by Gasteiger charge is 2.29. The topological polar surface area (TPSA) is 148 Å². The highest BCUT2D eigenvalue weighted by molar-refractivity contribution is 6.03. The van der Waals surface area contributed by atoms with Crippen molar-refractivity contribution in [3.63, 3.8) is 0 Å². The molecule has 0 aliphatic carbocycles. The van der Waals surface area contributed by atoms with Gasteiger partial charge in [-0.05, 0) is 76.6 Å². The van der Waals surface area contributed by atoms with Gasteiger partial charge in [-0.1, -0.05) is 90.5 Å². The molecule has 0 radical (unpaired) electrons. The molecule has 0 bridgehead atoms. The van der Waals surface area contributed by atoms with E-state index in [2.05, 4.69) is 0 Å². The number of aryl methyl sites for hydroxylation is 2. The van der Waals surface area contributed by atoms with Gasteiger partial charge in [-0.3, -0.25) is 4.79 Å². The van der Waals surface area contributed by atoms with Crippen LogP contribution in [0, 0.1) is 6.92 Å². The summed E-state index contributed by atoms with van der Waals surface area (Å²) in [4.78, 5) is 13.9. The van der Waals surface area contributed by atoms with Gasteiger partial charge in [-0.15, -0.1) is 0 Å². The molecule has 6 N–H and O–H groups in total. The van der Waals surface area contributed by atoms with Crippen molar-refractivity contribution >= 4 is 5.78 Å². The first-order chi connectivity index (χ1) is 25.5. The molecule has 0 saturated heterocycles. The Morgan fingerprint density at radius 3 is 1.68 bits per heavy atom. The minimum atomic E-state index is -0.434. The summed E-state index contributed by atoms with van der Waals surface area (Å²) in [5.74, 6) is -0.949. The normalized spacial score (nSPS) is 11.1. The maximum Gasteiger partial charge on any atom is 0.170 e. The Hall–Kier alpha value is -6.41. The van der Waals surface area contributed by atoms with E-state index in [1.165, 1.54) is 19.2 Å². The minimum absolute atomic E-state index is 0.00588. The summed E-state index contributed by atoms with van der Waals surface area (Å²) >= 11 is 0. The number of hydrogen-bond acceptors (Lipinski definition) is 8.